The van der Waals surface area contributed by atoms with E-state index in [0.29, 0.717) is 24.1 Å². The molecule has 0 radical (unpaired) electrons. The van der Waals surface area contributed by atoms with Crippen molar-refractivity contribution in [2.75, 3.05) is 18.8 Å². The molecular formula is C9H15NO3S. The summed E-state index contributed by atoms with van der Waals surface area (Å²) in [5, 5.41) is 9.16. The van der Waals surface area contributed by atoms with E-state index in [-0.39, 0.29) is 5.78 Å². The Morgan fingerprint density at radius 3 is 2.43 bits per heavy atom. The lowest BCUT2D eigenvalue weighted by atomic mass is 10.1. The van der Waals surface area contributed by atoms with Gasteiger partial charge in [-0.25, -0.2) is 4.79 Å². The highest BCUT2D eigenvalue weighted by atomic mass is 32.2. The number of carboxylic acid groups (broad SMARTS) is 1. The Morgan fingerprint density at radius 1 is 1.43 bits per heavy atom. The van der Waals surface area contributed by atoms with Crippen LogP contribution in [0.2, 0.25) is 0 Å². The number of likely N-dealkylation sites (tertiary alicyclic amines) is 1. The van der Waals surface area contributed by atoms with Crippen LogP contribution in [-0.4, -0.2) is 46.0 Å². The predicted octanol–water partition coefficient (Wildman–Crippen LogP) is 1.45. The summed E-state index contributed by atoms with van der Waals surface area (Å²) in [5.41, 5.74) is 0. The van der Waals surface area contributed by atoms with Gasteiger partial charge in [0.2, 0.25) is 0 Å². The van der Waals surface area contributed by atoms with Gasteiger partial charge in [-0.3, -0.25) is 4.79 Å². The summed E-state index contributed by atoms with van der Waals surface area (Å²) >= 11 is 1.65. The number of hydrogen-bond donors (Lipinski definition) is 1. The third-order valence-electron chi connectivity index (χ3n) is 2.23. The van der Waals surface area contributed by atoms with Crippen molar-refractivity contribution in [2.24, 2.45) is 0 Å². The first kappa shape index (κ1) is 11.4. The molecule has 1 heterocycles. The molecule has 0 unspecified atom stereocenters. The first-order valence-corrected chi connectivity index (χ1v) is 5.73. The Balaban J connectivity index is 2.22. The van der Waals surface area contributed by atoms with Crippen LogP contribution in [0.25, 0.3) is 0 Å². The van der Waals surface area contributed by atoms with Gasteiger partial charge in [0.15, 0.2) is 0 Å². The van der Waals surface area contributed by atoms with Crippen LogP contribution in [0.3, 0.4) is 0 Å². The quantitative estimate of drug-likeness (QED) is 0.777. The van der Waals surface area contributed by atoms with Crippen LogP contribution in [0.15, 0.2) is 0 Å². The zero-order valence-electron chi connectivity index (χ0n) is 8.23. The van der Waals surface area contributed by atoms with E-state index in [4.69, 9.17) is 5.11 Å². The number of ketones is 1. The minimum Gasteiger partial charge on any atom is -0.465 e. The van der Waals surface area contributed by atoms with Gasteiger partial charge >= 0.3 is 6.09 Å². The Bertz CT molecular complexity index is 224. The summed E-state index contributed by atoms with van der Waals surface area (Å²) in [7, 11) is 0. The molecule has 1 N–H and O–H groups in total. The Labute approximate surface area is 87.7 Å². The van der Waals surface area contributed by atoms with Crippen molar-refractivity contribution < 1.29 is 14.7 Å². The van der Waals surface area contributed by atoms with E-state index < -0.39 is 6.09 Å². The van der Waals surface area contributed by atoms with E-state index in [0.717, 1.165) is 12.8 Å². The van der Waals surface area contributed by atoms with E-state index in [1.54, 1.807) is 18.7 Å². The second-order valence-electron chi connectivity index (χ2n) is 3.48. The fourth-order valence-electron chi connectivity index (χ4n) is 1.45. The van der Waals surface area contributed by atoms with Crippen LogP contribution in [0, 0.1) is 0 Å². The van der Waals surface area contributed by atoms with E-state index in [9.17, 15) is 9.59 Å². The first-order valence-electron chi connectivity index (χ1n) is 4.68. The molecule has 1 aliphatic rings. The molecule has 0 spiro atoms. The monoisotopic (exact) mass is 217 g/mol. The summed E-state index contributed by atoms with van der Waals surface area (Å²) < 4.78 is 0. The molecule has 0 aromatic heterocycles. The SMILES string of the molecule is CC(=O)CSC1CCN(C(=O)O)CC1. The molecule has 5 heteroatoms. The summed E-state index contributed by atoms with van der Waals surface area (Å²) in [6.07, 6.45) is 0.897. The lowest BCUT2D eigenvalue weighted by Gasteiger charge is -2.29. The maximum Gasteiger partial charge on any atom is 0.407 e. The van der Waals surface area contributed by atoms with Gasteiger partial charge in [0.1, 0.15) is 5.78 Å². The maximum absolute atomic E-state index is 10.7. The van der Waals surface area contributed by atoms with Gasteiger partial charge in [0.25, 0.3) is 0 Å². The molecule has 1 amide bonds. The van der Waals surface area contributed by atoms with Crippen molar-refractivity contribution in [1.29, 1.82) is 0 Å². The maximum atomic E-state index is 10.7. The molecule has 0 bridgehead atoms. The lowest BCUT2D eigenvalue weighted by molar-refractivity contribution is -0.114. The topological polar surface area (TPSA) is 57.6 Å². The van der Waals surface area contributed by atoms with Crippen LogP contribution in [-0.2, 0) is 4.79 Å². The third kappa shape index (κ3) is 3.57. The van der Waals surface area contributed by atoms with Crippen molar-refractivity contribution in [3.8, 4) is 0 Å². The number of amides is 1. The van der Waals surface area contributed by atoms with Gasteiger partial charge in [0.05, 0.1) is 5.75 Å². The molecule has 0 saturated carbocycles. The average Bonchev–Trinajstić information content (AvgIpc) is 2.15. The molecule has 1 rings (SSSR count). The van der Waals surface area contributed by atoms with Gasteiger partial charge < -0.3 is 10.0 Å². The van der Waals surface area contributed by atoms with Crippen LogP contribution in [0.1, 0.15) is 19.8 Å². The number of thioether (sulfide) groups is 1. The van der Waals surface area contributed by atoms with E-state index >= 15 is 0 Å². The Hall–Kier alpha value is -0.710. The largest absolute Gasteiger partial charge is 0.465 e. The molecule has 0 atom stereocenters. The van der Waals surface area contributed by atoms with Gasteiger partial charge in [-0.05, 0) is 19.8 Å². The van der Waals surface area contributed by atoms with Crippen molar-refractivity contribution >= 4 is 23.6 Å². The molecule has 1 fully saturated rings. The predicted molar refractivity (Wildman–Crippen MR) is 55.8 cm³/mol. The molecule has 80 valence electrons. The summed E-state index contributed by atoms with van der Waals surface area (Å²) in [6.45, 7) is 2.79. The highest BCUT2D eigenvalue weighted by molar-refractivity contribution is 8.00. The van der Waals surface area contributed by atoms with Crippen LogP contribution in [0.4, 0.5) is 4.79 Å². The minimum absolute atomic E-state index is 0.190. The second kappa shape index (κ2) is 5.24. The fraction of sp³-hybridized carbons (Fsp3) is 0.778. The molecule has 14 heavy (non-hydrogen) atoms. The molecular weight excluding hydrogens is 202 g/mol. The minimum atomic E-state index is -0.833. The number of nitrogens with zero attached hydrogens (tertiary/aromatic N) is 1. The summed E-state index contributed by atoms with van der Waals surface area (Å²) in [6, 6.07) is 0. The summed E-state index contributed by atoms with van der Waals surface area (Å²) in [4.78, 5) is 22.8. The number of piperidine rings is 1. The van der Waals surface area contributed by atoms with E-state index in [1.165, 1.54) is 4.90 Å². The van der Waals surface area contributed by atoms with Crippen LogP contribution in [0.5, 0.6) is 0 Å². The normalized spacial score (nSPS) is 18.2. The molecule has 1 saturated heterocycles. The van der Waals surface area contributed by atoms with Crippen LogP contribution >= 0.6 is 11.8 Å². The highest BCUT2D eigenvalue weighted by Crippen LogP contribution is 2.23. The van der Waals surface area contributed by atoms with Crippen molar-refractivity contribution in [2.45, 2.75) is 25.0 Å². The van der Waals surface area contributed by atoms with Gasteiger partial charge in [0, 0.05) is 18.3 Å². The van der Waals surface area contributed by atoms with Gasteiger partial charge in [-0.1, -0.05) is 0 Å². The van der Waals surface area contributed by atoms with E-state index in [2.05, 4.69) is 0 Å². The molecule has 1 aliphatic heterocycles. The average molecular weight is 217 g/mol. The zero-order chi connectivity index (χ0) is 10.6. The van der Waals surface area contributed by atoms with Crippen LogP contribution < -0.4 is 0 Å². The lowest BCUT2D eigenvalue weighted by Crippen LogP contribution is -2.38. The standard InChI is InChI=1S/C9H15NO3S/c1-7(11)6-14-8-2-4-10(5-3-8)9(12)13/h8H,2-6H2,1H3,(H,12,13). The fourth-order valence-corrected chi connectivity index (χ4v) is 2.46. The highest BCUT2D eigenvalue weighted by Gasteiger charge is 2.22. The zero-order valence-corrected chi connectivity index (χ0v) is 9.05. The Kier molecular flexibility index (Phi) is 4.25. The van der Waals surface area contributed by atoms with E-state index in [1.807, 2.05) is 0 Å². The number of carbonyl (C=O) groups is 2. The second-order valence-corrected chi connectivity index (χ2v) is 4.77. The molecule has 4 nitrogen and oxygen atoms in total. The van der Waals surface area contributed by atoms with Crippen molar-refractivity contribution in [1.82, 2.24) is 4.90 Å². The molecule has 0 aromatic rings. The number of hydrogen-bond acceptors (Lipinski definition) is 3. The number of carbonyl (C=O) groups excluding carboxylic acids is 1. The van der Waals surface area contributed by atoms with Crippen molar-refractivity contribution in [3.05, 3.63) is 0 Å². The van der Waals surface area contributed by atoms with Gasteiger partial charge in [-0.15, -0.1) is 0 Å². The molecule has 0 aromatic carbocycles. The number of rotatable bonds is 3. The first-order chi connectivity index (χ1) is 6.59. The molecule has 0 aliphatic carbocycles. The van der Waals surface area contributed by atoms with Crippen molar-refractivity contribution in [3.63, 3.8) is 0 Å². The smallest absolute Gasteiger partial charge is 0.407 e. The third-order valence-corrected chi connectivity index (χ3v) is 3.75. The Morgan fingerprint density at radius 2 is 2.00 bits per heavy atom. The number of Topliss-reactive ketones (excluding diaryl/α,β-unsaturated/α-hetero) is 1. The summed E-state index contributed by atoms with van der Waals surface area (Å²) in [5.74, 6) is 0.744. The van der Waals surface area contributed by atoms with Gasteiger partial charge in [-0.2, -0.15) is 11.8 Å².